The molecule has 122 valence electrons. The zero-order valence-electron chi connectivity index (χ0n) is 13.0. The molecule has 0 heterocycles. The Balaban J connectivity index is 2.10. The minimum absolute atomic E-state index is 0.214. The molecular weight excluding hydrogens is 314 g/mol. The van der Waals surface area contributed by atoms with Gasteiger partial charge in [0.1, 0.15) is 0 Å². The van der Waals surface area contributed by atoms with Gasteiger partial charge in [0.15, 0.2) is 0 Å². The molecule has 0 aliphatic heterocycles. The highest BCUT2D eigenvalue weighted by atomic mass is 32.2. The van der Waals surface area contributed by atoms with Crippen molar-refractivity contribution in [3.63, 3.8) is 0 Å². The molecule has 5 nitrogen and oxygen atoms in total. The normalized spacial score (nSPS) is 12.7. The fourth-order valence-corrected chi connectivity index (χ4v) is 2.59. The predicted molar refractivity (Wildman–Crippen MR) is 89.4 cm³/mol. The van der Waals surface area contributed by atoms with Crippen LogP contribution in [0.5, 0.6) is 0 Å². The Morgan fingerprint density at radius 2 is 1.65 bits per heavy atom. The van der Waals surface area contributed by atoms with Crippen molar-refractivity contribution in [1.29, 1.82) is 0 Å². The average Bonchev–Trinajstić information content (AvgIpc) is 2.54. The summed E-state index contributed by atoms with van der Waals surface area (Å²) in [4.78, 5) is 12.0. The van der Waals surface area contributed by atoms with E-state index >= 15 is 0 Å². The second kappa shape index (κ2) is 6.93. The summed E-state index contributed by atoms with van der Waals surface area (Å²) in [5, 5.41) is 2.68. The zero-order chi connectivity index (χ0) is 17.0. The third kappa shape index (κ3) is 4.40. The van der Waals surface area contributed by atoms with Gasteiger partial charge in [0, 0.05) is 11.3 Å². The standard InChI is InChI=1S/C17H19NO4S/c1-3-12(2)13-4-6-14(7-5-13)17(19)18-15-8-10-16(11-9-15)23(20,21)22/h4-12H,3H2,1-2H3,(H,18,19)(H,20,21,22). The van der Waals surface area contributed by atoms with Crippen LogP contribution in [0, 0.1) is 0 Å². The van der Waals surface area contributed by atoms with Crippen molar-refractivity contribution in [3.05, 3.63) is 59.7 Å². The number of benzene rings is 2. The first-order valence-electron chi connectivity index (χ1n) is 7.30. The monoisotopic (exact) mass is 333 g/mol. The van der Waals surface area contributed by atoms with E-state index in [0.29, 0.717) is 17.2 Å². The number of hydrogen-bond donors (Lipinski definition) is 2. The van der Waals surface area contributed by atoms with E-state index in [1.54, 1.807) is 12.1 Å². The van der Waals surface area contributed by atoms with Crippen LogP contribution in [0.2, 0.25) is 0 Å². The maximum Gasteiger partial charge on any atom is 0.294 e. The molecule has 2 rings (SSSR count). The van der Waals surface area contributed by atoms with Crippen LogP contribution in [0.15, 0.2) is 53.4 Å². The van der Waals surface area contributed by atoms with E-state index in [2.05, 4.69) is 19.2 Å². The van der Waals surface area contributed by atoms with Crippen LogP contribution in [0.1, 0.15) is 42.1 Å². The Morgan fingerprint density at radius 3 is 2.13 bits per heavy atom. The number of hydrogen-bond acceptors (Lipinski definition) is 3. The van der Waals surface area contributed by atoms with Crippen LogP contribution in [0.4, 0.5) is 5.69 Å². The van der Waals surface area contributed by atoms with Crippen molar-refractivity contribution < 1.29 is 17.8 Å². The molecule has 1 atom stereocenters. The first-order chi connectivity index (χ1) is 10.8. The van der Waals surface area contributed by atoms with Gasteiger partial charge >= 0.3 is 0 Å². The van der Waals surface area contributed by atoms with Crippen LogP contribution in [0.3, 0.4) is 0 Å². The zero-order valence-corrected chi connectivity index (χ0v) is 13.8. The molecular formula is C17H19NO4S. The second-order valence-corrected chi connectivity index (χ2v) is 6.81. The highest BCUT2D eigenvalue weighted by Gasteiger charge is 2.11. The SMILES string of the molecule is CCC(C)c1ccc(C(=O)Nc2ccc(S(=O)(=O)O)cc2)cc1. The minimum Gasteiger partial charge on any atom is -0.322 e. The van der Waals surface area contributed by atoms with E-state index in [4.69, 9.17) is 4.55 Å². The van der Waals surface area contributed by atoms with Gasteiger partial charge in [0.2, 0.25) is 0 Å². The van der Waals surface area contributed by atoms with E-state index in [-0.39, 0.29) is 10.8 Å². The van der Waals surface area contributed by atoms with Gasteiger partial charge in [0.05, 0.1) is 4.90 Å². The topological polar surface area (TPSA) is 83.5 Å². The Labute approximate surface area is 136 Å². The van der Waals surface area contributed by atoms with E-state index in [1.165, 1.54) is 29.8 Å². The summed E-state index contributed by atoms with van der Waals surface area (Å²) in [7, 11) is -4.23. The summed E-state index contributed by atoms with van der Waals surface area (Å²) in [5.74, 6) is 0.167. The summed E-state index contributed by atoms with van der Waals surface area (Å²) in [6.45, 7) is 4.24. The molecule has 0 saturated heterocycles. The Kier molecular flexibility index (Phi) is 5.18. The maximum atomic E-state index is 12.2. The summed E-state index contributed by atoms with van der Waals surface area (Å²) in [6.07, 6.45) is 1.03. The van der Waals surface area contributed by atoms with Crippen molar-refractivity contribution >= 4 is 21.7 Å². The third-order valence-electron chi connectivity index (χ3n) is 3.76. The number of amides is 1. The Hall–Kier alpha value is -2.18. The lowest BCUT2D eigenvalue weighted by Gasteiger charge is -2.10. The molecule has 0 aromatic heterocycles. The van der Waals surface area contributed by atoms with E-state index in [1.807, 2.05) is 12.1 Å². The van der Waals surface area contributed by atoms with Crippen molar-refractivity contribution in [1.82, 2.24) is 0 Å². The molecule has 1 amide bonds. The molecule has 0 aliphatic carbocycles. The fourth-order valence-electron chi connectivity index (χ4n) is 2.11. The second-order valence-electron chi connectivity index (χ2n) is 5.38. The molecule has 0 saturated carbocycles. The molecule has 2 aromatic carbocycles. The van der Waals surface area contributed by atoms with Gasteiger partial charge in [-0.05, 0) is 54.3 Å². The van der Waals surface area contributed by atoms with Crippen molar-refractivity contribution in [2.45, 2.75) is 31.1 Å². The minimum atomic E-state index is -4.23. The number of rotatable bonds is 5. The lowest BCUT2D eigenvalue weighted by atomic mass is 9.97. The molecule has 1 unspecified atom stereocenters. The van der Waals surface area contributed by atoms with Gasteiger partial charge < -0.3 is 5.32 Å². The quantitative estimate of drug-likeness (QED) is 0.817. The smallest absolute Gasteiger partial charge is 0.294 e. The molecule has 6 heteroatoms. The van der Waals surface area contributed by atoms with Gasteiger partial charge in [-0.25, -0.2) is 0 Å². The van der Waals surface area contributed by atoms with E-state index in [0.717, 1.165) is 6.42 Å². The Morgan fingerprint density at radius 1 is 1.09 bits per heavy atom. The van der Waals surface area contributed by atoms with Gasteiger partial charge in [0.25, 0.3) is 16.0 Å². The fraction of sp³-hybridized carbons (Fsp3) is 0.235. The average molecular weight is 333 g/mol. The van der Waals surface area contributed by atoms with Gasteiger partial charge in [-0.15, -0.1) is 0 Å². The van der Waals surface area contributed by atoms with Crippen molar-refractivity contribution in [3.8, 4) is 0 Å². The van der Waals surface area contributed by atoms with Crippen LogP contribution >= 0.6 is 0 Å². The predicted octanol–water partition coefficient (Wildman–Crippen LogP) is 3.70. The van der Waals surface area contributed by atoms with Crippen molar-refractivity contribution in [2.24, 2.45) is 0 Å². The van der Waals surface area contributed by atoms with Crippen LogP contribution in [-0.4, -0.2) is 18.9 Å². The Bertz CT molecular complexity index is 780. The first-order valence-corrected chi connectivity index (χ1v) is 8.74. The molecule has 0 radical (unpaired) electrons. The summed E-state index contributed by atoms with van der Waals surface area (Å²) in [6, 6.07) is 12.7. The molecule has 0 fully saturated rings. The lowest BCUT2D eigenvalue weighted by molar-refractivity contribution is 0.102. The summed E-state index contributed by atoms with van der Waals surface area (Å²) in [5.41, 5.74) is 2.16. The maximum absolute atomic E-state index is 12.2. The third-order valence-corrected chi connectivity index (χ3v) is 4.63. The molecule has 0 aliphatic rings. The summed E-state index contributed by atoms with van der Waals surface area (Å²) >= 11 is 0. The molecule has 2 aromatic rings. The van der Waals surface area contributed by atoms with Crippen LogP contribution in [0.25, 0.3) is 0 Å². The largest absolute Gasteiger partial charge is 0.322 e. The number of carbonyl (C=O) groups is 1. The lowest BCUT2D eigenvalue weighted by Crippen LogP contribution is -2.12. The van der Waals surface area contributed by atoms with E-state index < -0.39 is 10.1 Å². The number of anilines is 1. The highest BCUT2D eigenvalue weighted by Crippen LogP contribution is 2.19. The summed E-state index contributed by atoms with van der Waals surface area (Å²) < 4.78 is 30.9. The van der Waals surface area contributed by atoms with Gasteiger partial charge in [-0.2, -0.15) is 8.42 Å². The van der Waals surface area contributed by atoms with Crippen molar-refractivity contribution in [2.75, 3.05) is 5.32 Å². The molecule has 2 N–H and O–H groups in total. The number of nitrogens with one attached hydrogen (secondary N) is 1. The molecule has 23 heavy (non-hydrogen) atoms. The van der Waals surface area contributed by atoms with E-state index in [9.17, 15) is 13.2 Å². The number of carbonyl (C=O) groups excluding carboxylic acids is 1. The highest BCUT2D eigenvalue weighted by molar-refractivity contribution is 7.85. The van der Waals surface area contributed by atoms with Crippen LogP contribution < -0.4 is 5.32 Å². The van der Waals surface area contributed by atoms with Gasteiger partial charge in [-0.3, -0.25) is 9.35 Å². The van der Waals surface area contributed by atoms with Gasteiger partial charge in [-0.1, -0.05) is 26.0 Å². The van der Waals surface area contributed by atoms with Crippen LogP contribution in [-0.2, 0) is 10.1 Å². The molecule has 0 spiro atoms. The first kappa shape index (κ1) is 17.2. The molecule has 0 bridgehead atoms.